The topological polar surface area (TPSA) is 93.3 Å². The average molecular weight is 502 g/mol. The summed E-state index contributed by atoms with van der Waals surface area (Å²) >= 11 is 0. The van der Waals surface area contributed by atoms with Crippen LogP contribution in [0.3, 0.4) is 0 Å². The number of aromatic amines is 1. The lowest BCUT2D eigenvalue weighted by molar-refractivity contribution is -0.128. The zero-order valence-corrected chi connectivity index (χ0v) is 20.4. The number of halogens is 1. The molecule has 0 spiro atoms. The lowest BCUT2D eigenvalue weighted by Gasteiger charge is -2.19. The van der Waals surface area contributed by atoms with Crippen LogP contribution in [-0.4, -0.2) is 34.3 Å². The third-order valence-corrected chi connectivity index (χ3v) is 5.75. The van der Waals surface area contributed by atoms with E-state index in [2.05, 4.69) is 15.3 Å². The minimum absolute atomic E-state index is 0.0489. The summed E-state index contributed by atoms with van der Waals surface area (Å²) in [5, 5.41) is 2.81. The van der Waals surface area contributed by atoms with Crippen molar-refractivity contribution in [3.63, 3.8) is 0 Å². The molecule has 0 unspecified atom stereocenters. The van der Waals surface area contributed by atoms with E-state index in [0.717, 1.165) is 16.7 Å². The lowest BCUT2D eigenvalue weighted by Crippen LogP contribution is -2.45. The van der Waals surface area contributed by atoms with Crippen LogP contribution in [-0.2, 0) is 33.8 Å². The van der Waals surface area contributed by atoms with Gasteiger partial charge in [-0.15, -0.1) is 0 Å². The molecule has 4 rings (SSSR count). The summed E-state index contributed by atoms with van der Waals surface area (Å²) in [6, 6.07) is 20.0. The number of carbonyl (C=O) groups is 2. The van der Waals surface area contributed by atoms with Gasteiger partial charge in [0.1, 0.15) is 23.4 Å². The van der Waals surface area contributed by atoms with Crippen molar-refractivity contribution < 1.29 is 23.5 Å². The first-order chi connectivity index (χ1) is 18.0. The molecule has 2 N–H and O–H groups in total. The van der Waals surface area contributed by atoms with Crippen molar-refractivity contribution in [1.82, 2.24) is 15.3 Å². The number of ketones is 1. The SMILES string of the molecule is Cc1cc(Oc2ccc(F)cc2)ccc1CC(=O)[C@H](COCc1ccccc1)NC(=O)Cc1cnc[nH]1. The summed E-state index contributed by atoms with van der Waals surface area (Å²) in [7, 11) is 0. The first-order valence-electron chi connectivity index (χ1n) is 11.9. The predicted octanol–water partition coefficient (Wildman–Crippen LogP) is 4.71. The number of ether oxygens (including phenoxy) is 2. The van der Waals surface area contributed by atoms with Gasteiger partial charge >= 0.3 is 0 Å². The van der Waals surface area contributed by atoms with Crippen LogP contribution < -0.4 is 10.1 Å². The number of hydrogen-bond acceptors (Lipinski definition) is 5. The van der Waals surface area contributed by atoms with Gasteiger partial charge in [0.15, 0.2) is 5.78 Å². The van der Waals surface area contributed by atoms with Crippen molar-refractivity contribution in [2.45, 2.75) is 32.4 Å². The van der Waals surface area contributed by atoms with Gasteiger partial charge in [-0.05, 0) is 60.0 Å². The van der Waals surface area contributed by atoms with Crippen molar-refractivity contribution >= 4 is 11.7 Å². The van der Waals surface area contributed by atoms with Gasteiger partial charge in [-0.2, -0.15) is 0 Å². The second kappa shape index (κ2) is 12.6. The molecule has 1 heterocycles. The maximum atomic E-state index is 13.3. The van der Waals surface area contributed by atoms with Crippen LogP contribution in [0.25, 0.3) is 0 Å². The fraction of sp³-hybridized carbons (Fsp3) is 0.207. The number of amides is 1. The lowest BCUT2D eigenvalue weighted by atomic mass is 9.99. The van der Waals surface area contributed by atoms with E-state index in [1.54, 1.807) is 24.4 Å². The van der Waals surface area contributed by atoms with Gasteiger partial charge in [0, 0.05) is 18.3 Å². The Bertz CT molecular complexity index is 1310. The molecule has 0 aliphatic carbocycles. The molecule has 7 nitrogen and oxygen atoms in total. The maximum Gasteiger partial charge on any atom is 0.226 e. The van der Waals surface area contributed by atoms with E-state index >= 15 is 0 Å². The second-order valence-electron chi connectivity index (χ2n) is 8.66. The number of Topliss-reactive ketones (excluding diaryl/α,β-unsaturated/α-hetero) is 1. The van der Waals surface area contributed by atoms with E-state index in [0.29, 0.717) is 23.8 Å². The third kappa shape index (κ3) is 7.85. The van der Waals surface area contributed by atoms with Gasteiger partial charge in [-0.3, -0.25) is 9.59 Å². The van der Waals surface area contributed by atoms with Gasteiger partial charge in [0.2, 0.25) is 5.91 Å². The molecule has 190 valence electrons. The van der Waals surface area contributed by atoms with Crippen LogP contribution in [0.2, 0.25) is 0 Å². The summed E-state index contributed by atoms with van der Waals surface area (Å²) in [4.78, 5) is 32.7. The van der Waals surface area contributed by atoms with E-state index < -0.39 is 6.04 Å². The molecule has 0 aliphatic rings. The zero-order valence-electron chi connectivity index (χ0n) is 20.4. The molecule has 1 amide bonds. The van der Waals surface area contributed by atoms with Crippen LogP contribution >= 0.6 is 0 Å². The zero-order chi connectivity index (χ0) is 26.0. The molecule has 0 saturated carbocycles. The highest BCUT2D eigenvalue weighted by Crippen LogP contribution is 2.24. The predicted molar refractivity (Wildman–Crippen MR) is 137 cm³/mol. The van der Waals surface area contributed by atoms with Crippen molar-refractivity contribution in [3.05, 3.63) is 114 Å². The second-order valence-corrected chi connectivity index (χ2v) is 8.66. The van der Waals surface area contributed by atoms with Crippen LogP contribution in [0.1, 0.15) is 22.4 Å². The Labute approximate surface area is 214 Å². The Kier molecular flexibility index (Phi) is 8.78. The summed E-state index contributed by atoms with van der Waals surface area (Å²) in [6.07, 6.45) is 3.27. The molecule has 0 bridgehead atoms. The molecule has 0 radical (unpaired) electrons. The smallest absolute Gasteiger partial charge is 0.226 e. The fourth-order valence-corrected chi connectivity index (χ4v) is 3.76. The van der Waals surface area contributed by atoms with E-state index in [-0.39, 0.29) is 37.0 Å². The van der Waals surface area contributed by atoms with Gasteiger partial charge in [0.25, 0.3) is 0 Å². The Hall–Kier alpha value is -4.30. The standard InChI is InChI=1S/C29H28FN3O4/c1-20-13-26(37-25-11-8-23(30)9-12-25)10-7-22(20)14-28(34)27(18-36-17-21-5-3-2-4-6-21)33-29(35)15-24-16-31-19-32-24/h2-13,16,19,27H,14-15,17-18H2,1H3,(H,31,32)(H,33,35)/t27-/m0/s1. The number of imidazole rings is 1. The van der Waals surface area contributed by atoms with Crippen LogP contribution in [0.15, 0.2) is 85.3 Å². The van der Waals surface area contributed by atoms with Crippen LogP contribution in [0.4, 0.5) is 4.39 Å². The van der Waals surface area contributed by atoms with E-state index in [4.69, 9.17) is 9.47 Å². The van der Waals surface area contributed by atoms with Crippen molar-refractivity contribution in [3.8, 4) is 11.5 Å². The summed E-state index contributed by atoms with van der Waals surface area (Å²) in [5.74, 6) is 0.291. The molecule has 0 aliphatic heterocycles. The molecule has 1 atom stereocenters. The molecule has 8 heteroatoms. The molecular weight excluding hydrogens is 473 g/mol. The quantitative estimate of drug-likeness (QED) is 0.293. The number of nitrogens with zero attached hydrogens (tertiary/aromatic N) is 1. The molecule has 0 saturated heterocycles. The molecule has 0 fully saturated rings. The molecule has 1 aromatic heterocycles. The number of carbonyl (C=O) groups excluding carboxylic acids is 2. The Morgan fingerprint density at radius 1 is 1.00 bits per heavy atom. The van der Waals surface area contributed by atoms with Crippen molar-refractivity contribution in [1.29, 1.82) is 0 Å². The van der Waals surface area contributed by atoms with Gasteiger partial charge in [-0.25, -0.2) is 9.37 Å². The number of nitrogens with one attached hydrogen (secondary N) is 2. The minimum Gasteiger partial charge on any atom is -0.457 e. The normalized spacial score (nSPS) is 11.6. The van der Waals surface area contributed by atoms with Crippen LogP contribution in [0, 0.1) is 12.7 Å². The third-order valence-electron chi connectivity index (χ3n) is 5.75. The first-order valence-corrected chi connectivity index (χ1v) is 11.9. The Morgan fingerprint density at radius 3 is 2.46 bits per heavy atom. The Balaban J connectivity index is 1.40. The van der Waals surface area contributed by atoms with E-state index in [1.165, 1.54) is 18.5 Å². The Morgan fingerprint density at radius 2 is 1.76 bits per heavy atom. The highest BCUT2D eigenvalue weighted by atomic mass is 19.1. The highest BCUT2D eigenvalue weighted by molar-refractivity contribution is 5.91. The number of aryl methyl sites for hydroxylation is 1. The van der Waals surface area contributed by atoms with E-state index in [9.17, 15) is 14.0 Å². The average Bonchev–Trinajstić information content (AvgIpc) is 3.40. The van der Waals surface area contributed by atoms with Gasteiger partial charge in [-0.1, -0.05) is 36.4 Å². The number of benzene rings is 3. The van der Waals surface area contributed by atoms with Gasteiger partial charge in [0.05, 0.1) is 26.0 Å². The highest BCUT2D eigenvalue weighted by Gasteiger charge is 2.22. The summed E-state index contributed by atoms with van der Waals surface area (Å²) in [6.45, 7) is 2.26. The molecular formula is C29H28FN3O4. The molecule has 3 aromatic carbocycles. The monoisotopic (exact) mass is 501 g/mol. The van der Waals surface area contributed by atoms with Crippen molar-refractivity contribution in [2.24, 2.45) is 0 Å². The summed E-state index contributed by atoms with van der Waals surface area (Å²) in [5.41, 5.74) is 3.31. The first kappa shape index (κ1) is 25.8. The minimum atomic E-state index is -0.811. The number of rotatable bonds is 12. The van der Waals surface area contributed by atoms with Crippen molar-refractivity contribution in [2.75, 3.05) is 6.61 Å². The fourth-order valence-electron chi connectivity index (χ4n) is 3.76. The molecule has 4 aromatic rings. The number of aromatic nitrogens is 2. The van der Waals surface area contributed by atoms with E-state index in [1.807, 2.05) is 49.4 Å². The van der Waals surface area contributed by atoms with Gasteiger partial charge < -0.3 is 19.8 Å². The number of H-pyrrole nitrogens is 1. The van der Waals surface area contributed by atoms with Crippen LogP contribution in [0.5, 0.6) is 11.5 Å². The molecule has 37 heavy (non-hydrogen) atoms. The number of hydrogen-bond donors (Lipinski definition) is 2. The maximum absolute atomic E-state index is 13.3. The largest absolute Gasteiger partial charge is 0.457 e. The summed E-state index contributed by atoms with van der Waals surface area (Å²) < 4.78 is 24.7.